The second kappa shape index (κ2) is 8.98. The Hall–Kier alpha value is -2.70. The zero-order chi connectivity index (χ0) is 21.1. The molecule has 1 aromatic carbocycles. The van der Waals surface area contributed by atoms with Crippen LogP contribution in [0.25, 0.3) is 0 Å². The van der Waals surface area contributed by atoms with Gasteiger partial charge in [-0.2, -0.15) is 0 Å². The zero-order valence-electron chi connectivity index (χ0n) is 17.3. The maximum Gasteiger partial charge on any atom is 0.271 e. The van der Waals surface area contributed by atoms with Crippen molar-refractivity contribution < 1.29 is 0 Å². The Morgan fingerprint density at radius 1 is 1.20 bits per heavy atom. The number of aromatic amines is 1. The number of aromatic nitrogens is 3. The first-order valence-corrected chi connectivity index (χ1v) is 10.7. The van der Waals surface area contributed by atoms with Crippen LogP contribution in [0.2, 0.25) is 5.02 Å². The van der Waals surface area contributed by atoms with Gasteiger partial charge in [0.1, 0.15) is 16.5 Å². The quantitative estimate of drug-likeness (QED) is 0.571. The van der Waals surface area contributed by atoms with Gasteiger partial charge in [-0.1, -0.05) is 23.7 Å². The van der Waals surface area contributed by atoms with E-state index in [2.05, 4.69) is 51.6 Å². The second-order valence-electron chi connectivity index (χ2n) is 7.86. The fraction of sp³-hybridized carbons (Fsp3) is 0.348. The van der Waals surface area contributed by atoms with Gasteiger partial charge >= 0.3 is 0 Å². The molecule has 0 bridgehead atoms. The van der Waals surface area contributed by atoms with Gasteiger partial charge in [-0.15, -0.1) is 0 Å². The van der Waals surface area contributed by atoms with Crippen LogP contribution in [0.5, 0.6) is 0 Å². The minimum atomic E-state index is -0.228. The zero-order valence-corrected chi connectivity index (χ0v) is 18.0. The minimum Gasteiger partial charge on any atom is -0.334 e. The molecule has 30 heavy (non-hydrogen) atoms. The van der Waals surface area contributed by atoms with Gasteiger partial charge in [-0.25, -0.2) is 9.97 Å². The van der Waals surface area contributed by atoms with Gasteiger partial charge in [0, 0.05) is 12.6 Å². The van der Waals surface area contributed by atoms with Gasteiger partial charge < -0.3 is 15.6 Å². The van der Waals surface area contributed by atoms with Crippen molar-refractivity contribution in [3.63, 3.8) is 0 Å². The summed E-state index contributed by atoms with van der Waals surface area (Å²) in [6.45, 7) is 6.52. The number of nitrogens with zero attached hydrogens (tertiary/aromatic N) is 2. The monoisotopic (exact) mass is 423 g/mol. The fourth-order valence-corrected chi connectivity index (χ4v) is 4.19. The van der Waals surface area contributed by atoms with E-state index >= 15 is 0 Å². The van der Waals surface area contributed by atoms with Gasteiger partial charge in [-0.3, -0.25) is 4.79 Å². The van der Waals surface area contributed by atoms with E-state index in [0.29, 0.717) is 34.7 Å². The molecule has 6 nitrogen and oxygen atoms in total. The Morgan fingerprint density at radius 3 is 2.77 bits per heavy atom. The Kier molecular flexibility index (Phi) is 6.16. The van der Waals surface area contributed by atoms with Gasteiger partial charge in [0.15, 0.2) is 5.82 Å². The van der Waals surface area contributed by atoms with E-state index in [9.17, 15) is 4.79 Å². The number of H-pyrrole nitrogens is 1. The number of rotatable bonds is 5. The highest BCUT2D eigenvalue weighted by Crippen LogP contribution is 2.30. The van der Waals surface area contributed by atoms with Crippen LogP contribution in [0.1, 0.15) is 46.8 Å². The standard InChI is InChI=1S/C23H26ClN5O/c1-14-11-18(16-5-8-25-9-6-16)15(2)10-17(14)12-21-27-13-19(24)22(29-21)28-20-4-3-7-26-23(20)30/h3-4,7,10-11,13,16,25H,5-6,8-9,12H2,1-2H3,(H,26,30)(H,27,28,29). The molecule has 1 aliphatic rings. The van der Waals surface area contributed by atoms with Crippen LogP contribution < -0.4 is 16.2 Å². The van der Waals surface area contributed by atoms with Crippen LogP contribution >= 0.6 is 11.6 Å². The fourth-order valence-electron chi connectivity index (χ4n) is 4.06. The van der Waals surface area contributed by atoms with E-state index in [1.54, 1.807) is 24.5 Å². The lowest BCUT2D eigenvalue weighted by atomic mass is 9.85. The summed E-state index contributed by atoms with van der Waals surface area (Å²) < 4.78 is 0. The summed E-state index contributed by atoms with van der Waals surface area (Å²) in [5.41, 5.74) is 5.40. The number of hydrogen-bond donors (Lipinski definition) is 3. The number of pyridine rings is 1. The Balaban J connectivity index is 1.57. The molecule has 0 spiro atoms. The van der Waals surface area contributed by atoms with Crippen molar-refractivity contribution in [1.29, 1.82) is 0 Å². The highest BCUT2D eigenvalue weighted by atomic mass is 35.5. The third-order valence-corrected chi connectivity index (χ3v) is 5.99. The van der Waals surface area contributed by atoms with Gasteiger partial charge in [0.2, 0.25) is 0 Å². The van der Waals surface area contributed by atoms with E-state index in [0.717, 1.165) is 13.1 Å². The first-order chi connectivity index (χ1) is 14.5. The van der Waals surface area contributed by atoms with Crippen molar-refractivity contribution in [2.45, 2.75) is 39.0 Å². The number of nitrogens with one attached hydrogen (secondary N) is 3. The number of anilines is 2. The summed E-state index contributed by atoms with van der Waals surface area (Å²) in [4.78, 5) is 23.6. The number of benzene rings is 1. The molecule has 0 radical (unpaired) electrons. The predicted molar refractivity (Wildman–Crippen MR) is 121 cm³/mol. The Morgan fingerprint density at radius 2 is 2.00 bits per heavy atom. The number of aryl methyl sites for hydroxylation is 2. The summed E-state index contributed by atoms with van der Waals surface area (Å²) in [6, 6.07) is 8.03. The first kappa shape index (κ1) is 20.6. The molecule has 3 aromatic rings. The molecule has 7 heteroatoms. The molecule has 1 saturated heterocycles. The molecule has 156 valence electrons. The topological polar surface area (TPSA) is 82.7 Å². The number of halogens is 1. The van der Waals surface area contributed by atoms with Gasteiger partial charge in [0.05, 0.1) is 6.20 Å². The lowest BCUT2D eigenvalue weighted by molar-refractivity contribution is 0.459. The molecule has 2 aromatic heterocycles. The molecule has 3 N–H and O–H groups in total. The number of hydrogen-bond acceptors (Lipinski definition) is 5. The van der Waals surface area contributed by atoms with Crippen LogP contribution in [0.15, 0.2) is 41.5 Å². The molecular weight excluding hydrogens is 398 g/mol. The van der Waals surface area contributed by atoms with Crippen molar-refractivity contribution in [2.24, 2.45) is 0 Å². The van der Waals surface area contributed by atoms with Crippen LogP contribution in [0.4, 0.5) is 11.5 Å². The summed E-state index contributed by atoms with van der Waals surface area (Å²) in [6.07, 6.45) is 6.14. The minimum absolute atomic E-state index is 0.228. The summed E-state index contributed by atoms with van der Waals surface area (Å²) in [5, 5.41) is 6.82. The lowest BCUT2D eigenvalue weighted by Gasteiger charge is -2.25. The summed E-state index contributed by atoms with van der Waals surface area (Å²) in [5.74, 6) is 1.72. The second-order valence-corrected chi connectivity index (χ2v) is 8.26. The van der Waals surface area contributed by atoms with Crippen LogP contribution in [-0.2, 0) is 6.42 Å². The Bertz CT molecular complexity index is 1100. The number of piperidine rings is 1. The predicted octanol–water partition coefficient (Wildman–Crippen LogP) is 4.24. The average molecular weight is 424 g/mol. The molecule has 0 atom stereocenters. The van der Waals surface area contributed by atoms with Crippen molar-refractivity contribution in [3.05, 3.63) is 80.1 Å². The van der Waals surface area contributed by atoms with Crippen LogP contribution in [0.3, 0.4) is 0 Å². The van der Waals surface area contributed by atoms with E-state index in [4.69, 9.17) is 11.6 Å². The van der Waals surface area contributed by atoms with Crippen molar-refractivity contribution in [1.82, 2.24) is 20.3 Å². The smallest absolute Gasteiger partial charge is 0.271 e. The molecule has 4 rings (SSSR count). The van der Waals surface area contributed by atoms with E-state index in [-0.39, 0.29) is 5.56 Å². The third-order valence-electron chi connectivity index (χ3n) is 5.72. The molecule has 0 aliphatic carbocycles. The van der Waals surface area contributed by atoms with Crippen LogP contribution in [-0.4, -0.2) is 28.0 Å². The summed E-state index contributed by atoms with van der Waals surface area (Å²) in [7, 11) is 0. The average Bonchev–Trinajstić information content (AvgIpc) is 2.75. The lowest BCUT2D eigenvalue weighted by Crippen LogP contribution is -2.27. The normalized spacial score (nSPS) is 14.6. The third kappa shape index (κ3) is 4.55. The van der Waals surface area contributed by atoms with E-state index in [1.165, 1.54) is 35.1 Å². The van der Waals surface area contributed by atoms with E-state index in [1.807, 2.05) is 0 Å². The first-order valence-electron chi connectivity index (χ1n) is 10.3. The maximum atomic E-state index is 11.9. The van der Waals surface area contributed by atoms with Crippen LogP contribution in [0, 0.1) is 13.8 Å². The van der Waals surface area contributed by atoms with Crippen molar-refractivity contribution >= 4 is 23.1 Å². The van der Waals surface area contributed by atoms with E-state index < -0.39 is 0 Å². The van der Waals surface area contributed by atoms with Gasteiger partial charge in [0.25, 0.3) is 5.56 Å². The molecule has 0 amide bonds. The molecule has 1 fully saturated rings. The Labute approximate surface area is 181 Å². The highest BCUT2D eigenvalue weighted by molar-refractivity contribution is 6.32. The molecular formula is C23H26ClN5O. The van der Waals surface area contributed by atoms with Crippen molar-refractivity contribution in [2.75, 3.05) is 18.4 Å². The molecule has 0 unspecified atom stereocenters. The molecule has 1 aliphatic heterocycles. The SMILES string of the molecule is Cc1cc(C2CCNCC2)c(C)cc1Cc1ncc(Cl)c(Nc2ccc[nH]c2=O)n1. The molecule has 3 heterocycles. The molecule has 0 saturated carbocycles. The largest absolute Gasteiger partial charge is 0.334 e. The summed E-state index contributed by atoms with van der Waals surface area (Å²) >= 11 is 6.26. The van der Waals surface area contributed by atoms with Crippen molar-refractivity contribution in [3.8, 4) is 0 Å². The maximum absolute atomic E-state index is 11.9. The van der Waals surface area contributed by atoms with Gasteiger partial charge in [-0.05, 0) is 80.1 Å². The highest BCUT2D eigenvalue weighted by Gasteiger charge is 2.18.